The Morgan fingerprint density at radius 3 is 1.64 bits per heavy atom. The van der Waals surface area contributed by atoms with E-state index in [4.69, 9.17) is 36.1 Å². The van der Waals surface area contributed by atoms with E-state index in [-0.39, 0.29) is 29.6 Å². The van der Waals surface area contributed by atoms with Crippen molar-refractivity contribution in [2.24, 2.45) is 5.16 Å². The minimum Gasteiger partial charge on any atom is -0.497 e. The average Bonchev–Trinajstić information content (AvgIpc) is 3.93. The molecule has 364 valence electrons. The highest BCUT2D eigenvalue weighted by Gasteiger charge is 2.55. The van der Waals surface area contributed by atoms with Gasteiger partial charge < -0.3 is 24.9 Å². The number of amides is 2. The highest BCUT2D eigenvalue weighted by Crippen LogP contribution is 2.44. The molecule has 2 amide bonds. The first-order chi connectivity index (χ1) is 35.8. The summed E-state index contributed by atoms with van der Waals surface area (Å²) < 4.78 is 11.0. The van der Waals surface area contributed by atoms with Gasteiger partial charge in [-0.2, -0.15) is 0 Å². The molecule has 1 aromatic heterocycles. The van der Waals surface area contributed by atoms with E-state index in [9.17, 15) is 9.59 Å². The molecular formula is C59H48ClN5O6S2. The maximum atomic E-state index is 15.2. The number of esters is 1. The normalized spacial score (nSPS) is 15.7. The fourth-order valence-electron chi connectivity index (χ4n) is 9.30. The molecule has 2 N–H and O–H groups in total. The first-order valence-corrected chi connectivity index (χ1v) is 26.0. The number of thiazole rings is 1. The highest BCUT2D eigenvalue weighted by molar-refractivity contribution is 8.00. The minimum atomic E-state index is -1.36. The van der Waals surface area contributed by atoms with Gasteiger partial charge in [0.1, 0.15) is 40.7 Å². The van der Waals surface area contributed by atoms with E-state index in [2.05, 4.69) is 47.0 Å². The molecule has 10 rings (SSSR count). The van der Waals surface area contributed by atoms with Gasteiger partial charge in [-0.3, -0.25) is 14.5 Å². The molecule has 0 bridgehead atoms. The number of anilines is 1. The van der Waals surface area contributed by atoms with Crippen LogP contribution in [0.2, 0.25) is 0 Å². The molecule has 0 aliphatic carbocycles. The number of methoxy groups -OCH3 is 1. The minimum absolute atomic E-state index is 0.00787. The second-order valence-electron chi connectivity index (χ2n) is 17.2. The summed E-state index contributed by atoms with van der Waals surface area (Å²) in [4.78, 5) is 56.8. The smallest absolute Gasteiger partial charge is 0.355 e. The van der Waals surface area contributed by atoms with E-state index >= 15 is 4.79 Å². The zero-order valence-corrected chi connectivity index (χ0v) is 41.9. The van der Waals surface area contributed by atoms with Crippen molar-refractivity contribution in [1.29, 1.82) is 0 Å². The lowest BCUT2D eigenvalue weighted by Gasteiger charge is -2.49. The van der Waals surface area contributed by atoms with Gasteiger partial charge in [0.05, 0.1) is 7.11 Å². The maximum absolute atomic E-state index is 15.2. The van der Waals surface area contributed by atoms with Crippen LogP contribution in [0.3, 0.4) is 0 Å². The van der Waals surface area contributed by atoms with Crippen LogP contribution in [-0.4, -0.2) is 63.5 Å². The van der Waals surface area contributed by atoms with Crippen LogP contribution in [0.15, 0.2) is 228 Å². The van der Waals surface area contributed by atoms with Crippen molar-refractivity contribution in [3.05, 3.63) is 268 Å². The number of benzene rings is 7. The molecule has 11 nitrogen and oxygen atoms in total. The number of aromatic nitrogens is 1. The number of ether oxygens (including phenoxy) is 2. The summed E-state index contributed by atoms with van der Waals surface area (Å²) in [6.45, 7) is -0.0359. The summed E-state index contributed by atoms with van der Waals surface area (Å²) in [5, 5.41) is 13.2. The topological polar surface area (TPSA) is 131 Å². The standard InChI is InChI=1S/C59H48ClN5O6S2/c1-69-48-34-32-40(33-35-48)37-70-56(68)52-41(36-60)38-72-55-51(54(67)65(52)55)62-53(66)50(64-71-59(45-26-14-5-15-27-45,46-28-16-6-17-29-46)47-30-18-7-19-31-47)49-39-73-57(61-49)63-58(42-20-8-2-9-21-42,43-22-10-3-11-23-43)44-24-12-4-13-25-44/h2-35,39,51,55H,36-38H2,1H3,(H,61,63)(H,62,66)/b64-50-. The molecule has 2 atom stereocenters. The van der Waals surface area contributed by atoms with E-state index in [0.717, 1.165) is 38.9 Å². The third-order valence-electron chi connectivity index (χ3n) is 12.9. The number of rotatable bonds is 18. The van der Waals surface area contributed by atoms with Crippen LogP contribution in [0.4, 0.5) is 5.13 Å². The summed E-state index contributed by atoms with van der Waals surface area (Å²) in [6.07, 6.45) is 0. The molecule has 14 heteroatoms. The molecule has 2 aliphatic rings. The zero-order chi connectivity index (χ0) is 50.2. The SMILES string of the molecule is COc1ccc(COC(=O)C2=C(CCl)CSC3C(NC(=O)/C(=N\OC(c4ccccc4)(c4ccccc4)c4ccccc4)c4csc(NC(c5ccccc5)(c5ccccc5)c5ccccc5)n4)C(=O)N23)cc1. The van der Waals surface area contributed by atoms with Crippen molar-refractivity contribution >= 4 is 63.3 Å². The molecule has 8 aromatic rings. The maximum Gasteiger partial charge on any atom is 0.355 e. The zero-order valence-electron chi connectivity index (χ0n) is 39.5. The average molecular weight is 1020 g/mol. The van der Waals surface area contributed by atoms with E-state index < -0.39 is 40.3 Å². The second-order valence-corrected chi connectivity index (χ2v) is 19.4. The fourth-order valence-corrected chi connectivity index (χ4v) is 11.7. The molecule has 73 heavy (non-hydrogen) atoms. The van der Waals surface area contributed by atoms with Gasteiger partial charge in [-0.15, -0.1) is 34.7 Å². The van der Waals surface area contributed by atoms with Crippen LogP contribution >= 0.6 is 34.7 Å². The summed E-state index contributed by atoms with van der Waals surface area (Å²) in [7, 11) is 1.57. The number of β-lactam (4-membered cyclic amide) rings is 1. The van der Waals surface area contributed by atoms with E-state index in [1.165, 1.54) is 28.0 Å². The number of nitrogens with one attached hydrogen (secondary N) is 2. The quantitative estimate of drug-likeness (QED) is 0.0215. The number of carbonyl (C=O) groups excluding carboxylic acids is 3. The van der Waals surface area contributed by atoms with Gasteiger partial charge in [-0.25, -0.2) is 9.78 Å². The Labute approximate surface area is 436 Å². The van der Waals surface area contributed by atoms with E-state index in [0.29, 0.717) is 22.2 Å². The van der Waals surface area contributed by atoms with Gasteiger partial charge in [-0.05, 0) is 40.0 Å². The predicted molar refractivity (Wildman–Crippen MR) is 287 cm³/mol. The third kappa shape index (κ3) is 9.62. The van der Waals surface area contributed by atoms with Crippen LogP contribution in [0.25, 0.3) is 0 Å². The molecule has 7 aromatic carbocycles. The van der Waals surface area contributed by atoms with Gasteiger partial charge >= 0.3 is 5.97 Å². The Balaban J connectivity index is 1.03. The first kappa shape index (κ1) is 48.6. The molecule has 1 fully saturated rings. The third-order valence-corrected chi connectivity index (χ3v) is 15.3. The van der Waals surface area contributed by atoms with Crippen molar-refractivity contribution < 1.29 is 28.7 Å². The number of nitrogens with zero attached hydrogens (tertiary/aromatic N) is 3. The first-order valence-electron chi connectivity index (χ1n) is 23.5. The van der Waals surface area contributed by atoms with Crippen molar-refractivity contribution in [3.8, 4) is 5.75 Å². The van der Waals surface area contributed by atoms with E-state index in [1.807, 2.05) is 146 Å². The lowest BCUT2D eigenvalue weighted by atomic mass is 9.77. The number of carbonyl (C=O) groups is 3. The largest absolute Gasteiger partial charge is 0.497 e. The van der Waals surface area contributed by atoms with Gasteiger partial charge in [0.15, 0.2) is 10.8 Å². The summed E-state index contributed by atoms with van der Waals surface area (Å²) in [6, 6.07) is 65.6. The van der Waals surface area contributed by atoms with Crippen molar-refractivity contribution in [1.82, 2.24) is 15.2 Å². The summed E-state index contributed by atoms with van der Waals surface area (Å²) >= 11 is 9.09. The molecule has 3 heterocycles. The lowest BCUT2D eigenvalue weighted by Crippen LogP contribution is -2.71. The van der Waals surface area contributed by atoms with Crippen molar-refractivity contribution in [2.45, 2.75) is 29.2 Å². The fraction of sp³-hybridized carbons (Fsp3) is 0.136. The van der Waals surface area contributed by atoms with Crippen molar-refractivity contribution in [2.75, 3.05) is 24.1 Å². The van der Waals surface area contributed by atoms with Crippen LogP contribution in [0, 0.1) is 0 Å². The Morgan fingerprint density at radius 1 is 0.699 bits per heavy atom. The summed E-state index contributed by atoms with van der Waals surface area (Å²) in [5.41, 5.74) is 4.26. The van der Waals surface area contributed by atoms with Crippen LogP contribution in [0.5, 0.6) is 5.75 Å². The van der Waals surface area contributed by atoms with Gasteiger partial charge in [-0.1, -0.05) is 199 Å². The summed E-state index contributed by atoms with van der Waals surface area (Å²) in [5.74, 6) is -0.897. The Bertz CT molecular complexity index is 3060. The number of hydrogen-bond acceptors (Lipinski definition) is 11. The monoisotopic (exact) mass is 1020 g/mol. The predicted octanol–water partition coefficient (Wildman–Crippen LogP) is 10.9. The Kier molecular flexibility index (Phi) is 14.5. The lowest BCUT2D eigenvalue weighted by molar-refractivity contribution is -0.153. The van der Waals surface area contributed by atoms with Crippen molar-refractivity contribution in [3.63, 3.8) is 0 Å². The molecule has 0 spiro atoms. The molecule has 0 saturated carbocycles. The molecule has 1 saturated heterocycles. The molecule has 2 unspecified atom stereocenters. The molecule has 0 radical (unpaired) electrons. The number of thioether (sulfide) groups is 1. The molecule has 2 aliphatic heterocycles. The van der Waals surface area contributed by atoms with Crippen LogP contribution in [0.1, 0.15) is 44.6 Å². The Hall–Kier alpha value is -7.97. The van der Waals surface area contributed by atoms with E-state index in [1.54, 1.807) is 36.8 Å². The Morgan fingerprint density at radius 2 is 1.18 bits per heavy atom. The highest BCUT2D eigenvalue weighted by atomic mass is 35.5. The molecular weight excluding hydrogens is 974 g/mol. The number of alkyl halides is 1. The number of hydrogen-bond donors (Lipinski definition) is 2. The second kappa shape index (κ2) is 21.8. The van der Waals surface area contributed by atoms with Gasteiger partial charge in [0.2, 0.25) is 5.60 Å². The number of fused-ring (bicyclic) bond motifs is 1. The number of halogens is 1. The van der Waals surface area contributed by atoms with Gasteiger partial charge in [0, 0.05) is 33.7 Å². The van der Waals surface area contributed by atoms with Gasteiger partial charge in [0.25, 0.3) is 11.8 Å². The number of oxime groups is 1. The van der Waals surface area contributed by atoms with Crippen LogP contribution in [-0.2, 0) is 41.7 Å². The van der Waals surface area contributed by atoms with Crippen LogP contribution < -0.4 is 15.4 Å².